The van der Waals surface area contributed by atoms with Crippen LogP contribution >= 0.6 is 0 Å². The maximum Gasteiger partial charge on any atom is 0.315 e. The number of fused-ring (bicyclic) bond motifs is 1. The first kappa shape index (κ1) is 21.7. The SMILES string of the molecule is NCC(C(=O)NC1=CC=C2C=NC=CC2C1)C1=CC=C(OC(=O)Cc2ccccc2)CC1. The maximum atomic E-state index is 12.9. The summed E-state index contributed by atoms with van der Waals surface area (Å²) in [5.41, 5.74) is 9.84. The second-order valence-electron chi connectivity index (χ2n) is 8.08. The van der Waals surface area contributed by atoms with Crippen molar-refractivity contribution in [1.29, 1.82) is 0 Å². The van der Waals surface area contributed by atoms with Crippen molar-refractivity contribution in [2.75, 3.05) is 6.54 Å². The molecule has 0 fully saturated rings. The van der Waals surface area contributed by atoms with E-state index >= 15 is 0 Å². The number of hydrogen-bond acceptors (Lipinski definition) is 5. The van der Waals surface area contributed by atoms with Gasteiger partial charge in [0.2, 0.25) is 5.91 Å². The number of carbonyl (C=O) groups excluding carboxylic acids is 2. The Labute approximate surface area is 187 Å². The third kappa shape index (κ3) is 5.39. The molecule has 3 aliphatic rings. The number of hydrogen-bond donors (Lipinski definition) is 2. The minimum Gasteiger partial charge on any atom is -0.431 e. The van der Waals surface area contributed by atoms with E-state index in [1.165, 1.54) is 0 Å². The van der Waals surface area contributed by atoms with E-state index in [-0.39, 0.29) is 30.8 Å². The molecule has 0 saturated heterocycles. The van der Waals surface area contributed by atoms with Crippen LogP contribution in [0.5, 0.6) is 0 Å². The Balaban J connectivity index is 1.35. The van der Waals surface area contributed by atoms with Crippen molar-refractivity contribution in [3.8, 4) is 0 Å². The van der Waals surface area contributed by atoms with E-state index in [9.17, 15) is 9.59 Å². The summed E-state index contributed by atoms with van der Waals surface area (Å²) in [5.74, 6) is 0.0556. The van der Waals surface area contributed by atoms with E-state index in [1.807, 2.05) is 60.9 Å². The highest BCUT2D eigenvalue weighted by Crippen LogP contribution is 2.28. The molecule has 1 amide bonds. The summed E-state index contributed by atoms with van der Waals surface area (Å²) in [6.45, 7) is 0.221. The summed E-state index contributed by atoms with van der Waals surface area (Å²) >= 11 is 0. The van der Waals surface area contributed by atoms with Crippen LogP contribution in [0.15, 0.2) is 94.5 Å². The topological polar surface area (TPSA) is 93.8 Å². The average molecular weight is 430 g/mol. The zero-order valence-electron chi connectivity index (χ0n) is 17.9. The van der Waals surface area contributed by atoms with Gasteiger partial charge in [0.15, 0.2) is 0 Å². The van der Waals surface area contributed by atoms with Gasteiger partial charge in [0, 0.05) is 37.0 Å². The number of allylic oxidation sites excluding steroid dienone is 8. The van der Waals surface area contributed by atoms with Gasteiger partial charge in [-0.05, 0) is 36.1 Å². The number of amides is 1. The molecular weight excluding hydrogens is 402 g/mol. The first-order valence-electron chi connectivity index (χ1n) is 10.9. The van der Waals surface area contributed by atoms with Crippen molar-refractivity contribution < 1.29 is 14.3 Å². The molecule has 32 heavy (non-hydrogen) atoms. The smallest absolute Gasteiger partial charge is 0.315 e. The van der Waals surface area contributed by atoms with Gasteiger partial charge in [-0.25, -0.2) is 0 Å². The number of nitrogens with zero attached hydrogens (tertiary/aromatic N) is 1. The van der Waals surface area contributed by atoms with Gasteiger partial charge in [-0.1, -0.05) is 54.1 Å². The van der Waals surface area contributed by atoms with Crippen LogP contribution in [0.2, 0.25) is 0 Å². The summed E-state index contributed by atoms with van der Waals surface area (Å²) in [7, 11) is 0. The lowest BCUT2D eigenvalue weighted by atomic mass is 9.88. The Morgan fingerprint density at radius 3 is 2.72 bits per heavy atom. The van der Waals surface area contributed by atoms with Gasteiger partial charge in [0.25, 0.3) is 0 Å². The predicted molar refractivity (Wildman–Crippen MR) is 124 cm³/mol. The molecule has 164 valence electrons. The van der Waals surface area contributed by atoms with Gasteiger partial charge in [-0.2, -0.15) is 0 Å². The summed E-state index contributed by atoms with van der Waals surface area (Å²) < 4.78 is 5.50. The second kappa shape index (κ2) is 10.2. The third-order valence-corrected chi connectivity index (χ3v) is 5.84. The summed E-state index contributed by atoms with van der Waals surface area (Å²) in [6, 6.07) is 9.50. The fourth-order valence-electron chi connectivity index (χ4n) is 4.06. The summed E-state index contributed by atoms with van der Waals surface area (Å²) in [6.07, 6.45) is 15.4. The van der Waals surface area contributed by atoms with Crippen LogP contribution in [0.25, 0.3) is 0 Å². The molecule has 1 aliphatic heterocycles. The van der Waals surface area contributed by atoms with Crippen LogP contribution < -0.4 is 11.1 Å². The van der Waals surface area contributed by atoms with Gasteiger partial charge in [0.05, 0.1) is 12.3 Å². The van der Waals surface area contributed by atoms with Crippen molar-refractivity contribution in [3.05, 3.63) is 95.1 Å². The van der Waals surface area contributed by atoms with Gasteiger partial charge < -0.3 is 15.8 Å². The first-order chi connectivity index (χ1) is 15.6. The van der Waals surface area contributed by atoms with E-state index in [4.69, 9.17) is 10.5 Å². The summed E-state index contributed by atoms with van der Waals surface area (Å²) in [5, 5.41) is 3.04. The van der Waals surface area contributed by atoms with Crippen LogP contribution in [-0.4, -0.2) is 24.6 Å². The number of benzene rings is 1. The molecule has 6 nitrogen and oxygen atoms in total. The second-order valence-corrected chi connectivity index (χ2v) is 8.08. The molecule has 1 aromatic rings. The Morgan fingerprint density at radius 2 is 1.97 bits per heavy atom. The number of carbonyl (C=O) groups is 2. The van der Waals surface area contributed by atoms with Crippen LogP contribution in [-0.2, 0) is 20.7 Å². The normalized spacial score (nSPS) is 20.2. The number of nitrogens with one attached hydrogen (secondary N) is 1. The van der Waals surface area contributed by atoms with Crippen molar-refractivity contribution in [3.63, 3.8) is 0 Å². The lowest BCUT2D eigenvalue weighted by Crippen LogP contribution is -2.37. The Morgan fingerprint density at radius 1 is 1.12 bits per heavy atom. The molecular formula is C26H27N3O3. The van der Waals surface area contributed by atoms with Crippen LogP contribution in [0.4, 0.5) is 0 Å². The van der Waals surface area contributed by atoms with Crippen molar-refractivity contribution >= 4 is 18.1 Å². The molecule has 3 N–H and O–H groups in total. The molecule has 6 heteroatoms. The molecule has 1 aromatic carbocycles. The Hall–Kier alpha value is -3.51. The van der Waals surface area contributed by atoms with E-state index in [0.717, 1.165) is 28.8 Å². The fraction of sp³-hybridized carbons (Fsp3) is 0.269. The largest absolute Gasteiger partial charge is 0.431 e. The van der Waals surface area contributed by atoms with Crippen LogP contribution in [0, 0.1) is 11.8 Å². The number of ether oxygens (including phenoxy) is 1. The summed E-state index contributed by atoms with van der Waals surface area (Å²) in [4.78, 5) is 29.3. The minimum atomic E-state index is -0.414. The van der Waals surface area contributed by atoms with Crippen LogP contribution in [0.3, 0.4) is 0 Å². The van der Waals surface area contributed by atoms with Crippen LogP contribution in [0.1, 0.15) is 24.8 Å². The number of nitrogens with two attached hydrogens (primary N) is 1. The van der Waals surface area contributed by atoms with Crippen molar-refractivity contribution in [2.45, 2.75) is 25.7 Å². The monoisotopic (exact) mass is 429 g/mol. The van der Waals surface area contributed by atoms with Gasteiger partial charge in [0.1, 0.15) is 5.76 Å². The molecule has 0 bridgehead atoms. The highest BCUT2D eigenvalue weighted by atomic mass is 16.5. The number of esters is 1. The Bertz CT molecular complexity index is 1060. The first-order valence-corrected chi connectivity index (χ1v) is 10.9. The molecule has 0 spiro atoms. The van der Waals surface area contributed by atoms with E-state index in [1.54, 1.807) is 12.3 Å². The minimum absolute atomic E-state index is 0.103. The zero-order valence-corrected chi connectivity index (χ0v) is 17.9. The molecule has 2 aliphatic carbocycles. The third-order valence-electron chi connectivity index (χ3n) is 5.84. The zero-order chi connectivity index (χ0) is 22.3. The number of aliphatic imine (C=N–C) groups is 1. The van der Waals surface area contributed by atoms with Gasteiger partial charge >= 0.3 is 5.97 Å². The lowest BCUT2D eigenvalue weighted by molar-refractivity contribution is -0.139. The van der Waals surface area contributed by atoms with Crippen molar-refractivity contribution in [2.24, 2.45) is 22.6 Å². The molecule has 2 unspecified atom stereocenters. The van der Waals surface area contributed by atoms with E-state index in [0.29, 0.717) is 18.6 Å². The highest BCUT2D eigenvalue weighted by molar-refractivity contribution is 5.85. The van der Waals surface area contributed by atoms with Gasteiger partial charge in [-0.3, -0.25) is 14.6 Å². The average Bonchev–Trinajstić information content (AvgIpc) is 2.81. The van der Waals surface area contributed by atoms with E-state index in [2.05, 4.69) is 10.3 Å². The predicted octanol–water partition coefficient (Wildman–Crippen LogP) is 3.50. The quantitative estimate of drug-likeness (QED) is 0.649. The van der Waals surface area contributed by atoms with Gasteiger partial charge in [-0.15, -0.1) is 0 Å². The molecule has 2 atom stereocenters. The van der Waals surface area contributed by atoms with E-state index < -0.39 is 5.92 Å². The standard InChI is InChI=1S/C26H27N3O3/c27-16-24(26(31)29-22-9-6-21-17-28-13-12-20(21)15-22)19-7-10-23(11-8-19)32-25(30)14-18-4-2-1-3-5-18/h1-7,9-10,12-13,17,20,24H,8,11,14-16,27H2,(H,29,31). The molecule has 0 aromatic heterocycles. The molecule has 0 radical (unpaired) electrons. The fourth-order valence-corrected chi connectivity index (χ4v) is 4.06. The highest BCUT2D eigenvalue weighted by Gasteiger charge is 2.26. The maximum absolute atomic E-state index is 12.9. The molecule has 0 saturated carbocycles. The number of rotatable bonds is 7. The Kier molecular flexibility index (Phi) is 6.92. The lowest BCUT2D eigenvalue weighted by Gasteiger charge is -2.25. The van der Waals surface area contributed by atoms with Crippen molar-refractivity contribution in [1.82, 2.24) is 5.32 Å². The molecule has 1 heterocycles. The molecule has 4 rings (SSSR count).